The molecule has 2 heterocycles. The van der Waals surface area contributed by atoms with Crippen LogP contribution in [0.1, 0.15) is 43.0 Å². The number of para-hydroxylation sites is 1. The average molecular weight is 310 g/mol. The van der Waals surface area contributed by atoms with E-state index in [0.717, 1.165) is 30.6 Å². The van der Waals surface area contributed by atoms with Gasteiger partial charge in [0, 0.05) is 16.6 Å². The number of pyridine rings is 1. The van der Waals surface area contributed by atoms with Crippen LogP contribution in [-0.4, -0.2) is 20.2 Å². The van der Waals surface area contributed by atoms with E-state index >= 15 is 0 Å². The van der Waals surface area contributed by atoms with Crippen molar-refractivity contribution in [2.45, 2.75) is 39.0 Å². The second-order valence-corrected chi connectivity index (χ2v) is 6.57. The number of aromatic amines is 2. The van der Waals surface area contributed by atoms with Gasteiger partial charge in [0.15, 0.2) is 5.82 Å². The molecule has 1 aliphatic carbocycles. The van der Waals surface area contributed by atoms with Crippen LogP contribution in [0, 0.1) is 4.77 Å². The minimum atomic E-state index is 0.446. The molecule has 5 heteroatoms. The van der Waals surface area contributed by atoms with Crippen LogP contribution in [0.3, 0.4) is 0 Å². The van der Waals surface area contributed by atoms with E-state index < -0.39 is 0 Å². The summed E-state index contributed by atoms with van der Waals surface area (Å²) >= 11 is 5.14. The monoisotopic (exact) mass is 310 g/mol. The van der Waals surface area contributed by atoms with Gasteiger partial charge < -0.3 is 0 Å². The van der Waals surface area contributed by atoms with Crippen LogP contribution < -0.4 is 0 Å². The molecule has 3 aromatic rings. The number of hydrogen-bond acceptors (Lipinski definition) is 3. The number of H-pyrrole nitrogens is 2. The molecule has 112 valence electrons. The average Bonchev–Trinajstić information content (AvgIpc) is 3.12. The maximum Gasteiger partial charge on any atom is 0.213 e. The number of nitrogens with zero attached hydrogens (tertiary/aromatic N) is 2. The van der Waals surface area contributed by atoms with Crippen molar-refractivity contribution in [2.24, 2.45) is 0 Å². The fraction of sp³-hybridized carbons (Fsp3) is 0.353. The highest BCUT2D eigenvalue weighted by atomic mass is 32.1. The normalized spacial score (nSPS) is 14.0. The van der Waals surface area contributed by atoms with E-state index in [1.54, 1.807) is 0 Å². The van der Waals surface area contributed by atoms with Crippen LogP contribution in [0.5, 0.6) is 0 Å². The van der Waals surface area contributed by atoms with Gasteiger partial charge in [0.05, 0.1) is 5.52 Å². The molecule has 0 radical (unpaired) electrons. The molecule has 0 spiro atoms. The first-order valence-electron chi connectivity index (χ1n) is 7.74. The predicted octanol–water partition coefficient (Wildman–Crippen LogP) is 4.29. The zero-order valence-electron chi connectivity index (χ0n) is 12.7. The highest BCUT2D eigenvalue weighted by Gasteiger charge is 2.23. The molecule has 0 saturated heterocycles. The molecule has 1 aliphatic rings. The van der Waals surface area contributed by atoms with Gasteiger partial charge in [-0.1, -0.05) is 32.0 Å². The van der Waals surface area contributed by atoms with Gasteiger partial charge in [-0.3, -0.25) is 15.2 Å². The predicted molar refractivity (Wildman–Crippen MR) is 90.6 cm³/mol. The van der Waals surface area contributed by atoms with Gasteiger partial charge in [0.25, 0.3) is 0 Å². The van der Waals surface area contributed by atoms with Crippen molar-refractivity contribution >= 4 is 23.1 Å². The van der Waals surface area contributed by atoms with E-state index in [9.17, 15) is 0 Å². The van der Waals surface area contributed by atoms with Crippen molar-refractivity contribution in [3.8, 4) is 11.4 Å². The summed E-state index contributed by atoms with van der Waals surface area (Å²) in [5, 5.41) is 7.21. The summed E-state index contributed by atoms with van der Waals surface area (Å²) in [6, 6.07) is 6.44. The Morgan fingerprint density at radius 3 is 2.73 bits per heavy atom. The van der Waals surface area contributed by atoms with Gasteiger partial charge in [-0.25, -0.2) is 0 Å². The number of nitrogens with one attached hydrogen (secondary N) is 2. The summed E-state index contributed by atoms with van der Waals surface area (Å²) in [6.45, 7) is 4.43. The molecular weight excluding hydrogens is 292 g/mol. The van der Waals surface area contributed by atoms with Crippen molar-refractivity contribution in [3.05, 3.63) is 39.8 Å². The van der Waals surface area contributed by atoms with Crippen LogP contribution >= 0.6 is 12.2 Å². The molecule has 0 amide bonds. The van der Waals surface area contributed by atoms with Gasteiger partial charge in [0.2, 0.25) is 4.77 Å². The van der Waals surface area contributed by atoms with Crippen LogP contribution in [0.25, 0.3) is 22.3 Å². The summed E-state index contributed by atoms with van der Waals surface area (Å²) < 4.78 is 0.492. The second-order valence-electron chi connectivity index (χ2n) is 6.18. The number of hydrogen-bond donors (Lipinski definition) is 2. The number of aryl methyl sites for hydroxylation is 1. The lowest BCUT2D eigenvalue weighted by Crippen LogP contribution is -2.00. The third-order valence-electron chi connectivity index (χ3n) is 4.43. The third-order valence-corrected chi connectivity index (χ3v) is 4.63. The molecule has 0 saturated carbocycles. The first-order chi connectivity index (χ1) is 10.6. The molecule has 22 heavy (non-hydrogen) atoms. The molecule has 4 nitrogen and oxygen atoms in total. The SMILES string of the molecule is CC(C)c1cccc2c(-c3nc(=S)[nH][nH]3)c3c(nc12)CCC3. The maximum absolute atomic E-state index is 5.14. The maximum atomic E-state index is 5.14. The largest absolute Gasteiger partial charge is 0.282 e. The zero-order chi connectivity index (χ0) is 15.3. The van der Waals surface area contributed by atoms with Crippen molar-refractivity contribution < 1.29 is 0 Å². The standard InChI is InChI=1S/C17H18N4S/c1-9(2)10-5-3-7-12-14(16-19-17(22)21-20-16)11-6-4-8-13(11)18-15(10)12/h3,5,7,9H,4,6,8H2,1-2H3,(H2,19,20,21,22). The molecule has 0 bridgehead atoms. The smallest absolute Gasteiger partial charge is 0.213 e. The van der Waals surface area contributed by atoms with Crippen molar-refractivity contribution in [1.82, 2.24) is 20.2 Å². The Balaban J connectivity index is 2.14. The van der Waals surface area contributed by atoms with Crippen LogP contribution in [0.2, 0.25) is 0 Å². The van der Waals surface area contributed by atoms with Gasteiger partial charge in [-0.2, -0.15) is 4.98 Å². The summed E-state index contributed by atoms with van der Waals surface area (Å²) in [5.74, 6) is 1.28. The number of benzene rings is 1. The topological polar surface area (TPSA) is 57.4 Å². The molecule has 1 aromatic carbocycles. The molecule has 2 aromatic heterocycles. The minimum Gasteiger partial charge on any atom is -0.282 e. The molecule has 0 fully saturated rings. The van der Waals surface area contributed by atoms with Gasteiger partial charge in [0.1, 0.15) is 0 Å². The highest BCUT2D eigenvalue weighted by Crippen LogP contribution is 2.37. The Morgan fingerprint density at radius 2 is 2.00 bits per heavy atom. The third kappa shape index (κ3) is 2.00. The summed E-state index contributed by atoms with van der Waals surface area (Å²) in [7, 11) is 0. The van der Waals surface area contributed by atoms with Crippen LogP contribution in [0.4, 0.5) is 0 Å². The summed E-state index contributed by atoms with van der Waals surface area (Å²) in [5.41, 5.74) is 6.12. The minimum absolute atomic E-state index is 0.446. The van der Waals surface area contributed by atoms with Gasteiger partial charge in [-0.15, -0.1) is 0 Å². The number of fused-ring (bicyclic) bond motifs is 2. The number of rotatable bonds is 2. The summed E-state index contributed by atoms with van der Waals surface area (Å²) in [6.07, 6.45) is 3.27. The second kappa shape index (κ2) is 5.02. The molecule has 2 N–H and O–H groups in total. The molecule has 0 aliphatic heterocycles. The Hall–Kier alpha value is -2.01. The van der Waals surface area contributed by atoms with E-state index in [4.69, 9.17) is 17.2 Å². The van der Waals surface area contributed by atoms with Crippen molar-refractivity contribution in [1.29, 1.82) is 0 Å². The zero-order valence-corrected chi connectivity index (χ0v) is 13.5. The number of aromatic nitrogens is 4. The Labute approximate surface area is 134 Å². The van der Waals surface area contributed by atoms with Crippen molar-refractivity contribution in [2.75, 3.05) is 0 Å². The lowest BCUT2D eigenvalue weighted by Gasteiger charge is -2.14. The highest BCUT2D eigenvalue weighted by molar-refractivity contribution is 7.71. The quantitative estimate of drug-likeness (QED) is 0.694. The Bertz CT molecular complexity index is 920. The van der Waals surface area contributed by atoms with Crippen LogP contribution in [-0.2, 0) is 12.8 Å². The molecule has 4 rings (SSSR count). The first-order valence-corrected chi connectivity index (χ1v) is 8.15. The van der Waals surface area contributed by atoms with E-state index in [1.165, 1.54) is 27.8 Å². The van der Waals surface area contributed by atoms with Crippen molar-refractivity contribution in [3.63, 3.8) is 0 Å². The van der Waals surface area contributed by atoms with Gasteiger partial charge >= 0.3 is 0 Å². The van der Waals surface area contributed by atoms with E-state index in [2.05, 4.69) is 47.2 Å². The fourth-order valence-electron chi connectivity index (χ4n) is 3.43. The molecular formula is C17H18N4S. The lowest BCUT2D eigenvalue weighted by molar-refractivity contribution is 0.869. The first kappa shape index (κ1) is 13.6. The lowest BCUT2D eigenvalue weighted by atomic mass is 9.94. The Morgan fingerprint density at radius 1 is 1.14 bits per heavy atom. The molecule has 0 unspecified atom stereocenters. The van der Waals surface area contributed by atoms with Crippen LogP contribution in [0.15, 0.2) is 18.2 Å². The Kier molecular flexibility index (Phi) is 3.11. The van der Waals surface area contributed by atoms with E-state index in [1.807, 2.05) is 0 Å². The molecule has 0 atom stereocenters. The van der Waals surface area contributed by atoms with Gasteiger partial charge in [-0.05, 0) is 48.5 Å². The summed E-state index contributed by atoms with van der Waals surface area (Å²) in [4.78, 5) is 9.45. The van der Waals surface area contributed by atoms with E-state index in [0.29, 0.717) is 10.7 Å². The van der Waals surface area contributed by atoms with E-state index in [-0.39, 0.29) is 0 Å². The fourth-order valence-corrected chi connectivity index (χ4v) is 3.57.